The van der Waals surface area contributed by atoms with E-state index in [1.54, 1.807) is 23.1 Å². The largest absolute Gasteiger partial charge is 0.328 e. The average Bonchev–Trinajstić information content (AvgIpc) is 2.79. The molecule has 2 rings (SSSR count). The van der Waals surface area contributed by atoms with Crippen molar-refractivity contribution < 1.29 is 0 Å². The lowest BCUT2D eigenvalue weighted by Gasteiger charge is -2.04. The minimum Gasteiger partial charge on any atom is -0.328 e. The topological polar surface area (TPSA) is 77.6 Å². The van der Waals surface area contributed by atoms with Crippen LogP contribution in [-0.4, -0.2) is 32.5 Å². The van der Waals surface area contributed by atoms with Crippen molar-refractivity contribution in [3.63, 3.8) is 0 Å². The number of nitrogens with two attached hydrogens (primary N) is 1. The highest BCUT2D eigenvalue weighted by molar-refractivity contribution is 8.02. The summed E-state index contributed by atoms with van der Waals surface area (Å²) in [5.41, 5.74) is 6.78. The van der Waals surface area contributed by atoms with Gasteiger partial charge in [-0.1, -0.05) is 23.1 Å². The van der Waals surface area contributed by atoms with Gasteiger partial charge in [0.15, 0.2) is 13.8 Å². The van der Waals surface area contributed by atoms with Crippen LogP contribution in [0.3, 0.4) is 0 Å². The molecule has 0 bridgehead atoms. The molecule has 8 heteroatoms. The van der Waals surface area contributed by atoms with E-state index in [1.165, 1.54) is 11.8 Å². The maximum Gasteiger partial charge on any atom is 0.194 e. The third-order valence-electron chi connectivity index (χ3n) is 1.98. The summed E-state index contributed by atoms with van der Waals surface area (Å²) in [7, 11) is 0. The van der Waals surface area contributed by atoms with Gasteiger partial charge in [-0.2, -0.15) is 0 Å². The van der Waals surface area contributed by atoms with Crippen LogP contribution in [0.1, 0.15) is 12.5 Å². The summed E-state index contributed by atoms with van der Waals surface area (Å²) in [5, 5.41) is 8.78. The molecule has 0 fully saturated rings. The molecule has 0 spiro atoms. The first-order chi connectivity index (χ1) is 8.67. The second-order valence-corrected chi connectivity index (χ2v) is 6.94. The normalized spacial score (nSPS) is 12.6. The van der Waals surface area contributed by atoms with Gasteiger partial charge in [0, 0.05) is 18.4 Å². The Morgan fingerprint density at radius 3 is 2.50 bits per heavy atom. The molecule has 0 aromatic carbocycles. The first kappa shape index (κ1) is 13.7. The van der Waals surface area contributed by atoms with E-state index < -0.39 is 0 Å². The molecule has 2 heterocycles. The number of hydrogen-bond acceptors (Lipinski definition) is 8. The Kier molecular flexibility index (Phi) is 4.93. The Balaban J connectivity index is 2.01. The van der Waals surface area contributed by atoms with Crippen molar-refractivity contribution in [1.29, 1.82) is 0 Å². The van der Waals surface area contributed by atoms with E-state index in [2.05, 4.69) is 20.2 Å². The van der Waals surface area contributed by atoms with Crippen LogP contribution in [0, 0.1) is 0 Å². The van der Waals surface area contributed by atoms with Gasteiger partial charge in [0.05, 0.1) is 0 Å². The minimum absolute atomic E-state index is 0.124. The van der Waals surface area contributed by atoms with Gasteiger partial charge in [-0.15, -0.1) is 10.2 Å². The predicted octanol–water partition coefficient (Wildman–Crippen LogP) is 2.09. The summed E-state index contributed by atoms with van der Waals surface area (Å²) in [4.78, 5) is 8.58. The quantitative estimate of drug-likeness (QED) is 0.669. The molecule has 0 saturated carbocycles. The highest BCUT2D eigenvalue weighted by Gasteiger charge is 2.07. The van der Waals surface area contributed by atoms with Gasteiger partial charge in [0.2, 0.25) is 0 Å². The Hall–Kier alpha value is -0.700. The molecule has 1 unspecified atom stereocenters. The van der Waals surface area contributed by atoms with Crippen LogP contribution < -0.4 is 5.73 Å². The fraction of sp³-hybridized carbons (Fsp3) is 0.400. The monoisotopic (exact) mass is 299 g/mol. The van der Waals surface area contributed by atoms with Crippen molar-refractivity contribution in [3.05, 3.63) is 18.0 Å². The molecular weight excluding hydrogens is 286 g/mol. The van der Waals surface area contributed by atoms with Gasteiger partial charge in [0.25, 0.3) is 0 Å². The van der Waals surface area contributed by atoms with Gasteiger partial charge >= 0.3 is 0 Å². The molecule has 96 valence electrons. The van der Waals surface area contributed by atoms with Crippen molar-refractivity contribution in [1.82, 2.24) is 20.2 Å². The third-order valence-corrected chi connectivity index (χ3v) is 4.82. The zero-order chi connectivity index (χ0) is 13.0. The first-order valence-electron chi connectivity index (χ1n) is 5.29. The van der Waals surface area contributed by atoms with Crippen molar-refractivity contribution in [2.24, 2.45) is 5.73 Å². The number of hydrogen-bond donors (Lipinski definition) is 1. The van der Waals surface area contributed by atoms with E-state index in [-0.39, 0.29) is 6.04 Å². The summed E-state index contributed by atoms with van der Waals surface area (Å²) < 4.78 is 1.81. The molecule has 0 saturated heterocycles. The molecule has 5 nitrogen and oxygen atoms in total. The van der Waals surface area contributed by atoms with Gasteiger partial charge < -0.3 is 5.73 Å². The zero-order valence-corrected chi connectivity index (χ0v) is 12.5. The van der Waals surface area contributed by atoms with Gasteiger partial charge in [0.1, 0.15) is 0 Å². The molecule has 18 heavy (non-hydrogen) atoms. The van der Waals surface area contributed by atoms with E-state index in [4.69, 9.17) is 5.73 Å². The summed E-state index contributed by atoms with van der Waals surface area (Å²) in [6, 6.07) is 0.124. The minimum atomic E-state index is 0.124. The van der Waals surface area contributed by atoms with E-state index in [1.807, 2.05) is 25.6 Å². The second-order valence-electron chi connectivity index (χ2n) is 3.70. The standard InChI is InChI=1S/C10H13N5S3/c1-6(11)3-7-4-12-8(13-5-7)17-10-15-14-9(16-2)18-10/h4-6H,3,11H2,1-2H3. The number of nitrogens with zero attached hydrogens (tertiary/aromatic N) is 4. The highest BCUT2D eigenvalue weighted by atomic mass is 32.2. The Morgan fingerprint density at radius 1 is 1.28 bits per heavy atom. The summed E-state index contributed by atoms with van der Waals surface area (Å²) in [5.74, 6) is 0. The van der Waals surface area contributed by atoms with Gasteiger partial charge in [-0.25, -0.2) is 9.97 Å². The molecule has 0 radical (unpaired) electrons. The lowest BCUT2D eigenvalue weighted by Crippen LogP contribution is -2.17. The molecule has 1 atom stereocenters. The van der Waals surface area contributed by atoms with E-state index in [0.717, 1.165) is 20.7 Å². The summed E-state index contributed by atoms with van der Waals surface area (Å²) in [6.45, 7) is 1.97. The fourth-order valence-corrected chi connectivity index (χ4v) is 3.51. The molecule has 2 aromatic rings. The van der Waals surface area contributed by atoms with Crippen LogP contribution in [0.25, 0.3) is 0 Å². The number of aromatic nitrogens is 4. The molecule has 0 aliphatic heterocycles. The highest BCUT2D eigenvalue weighted by Crippen LogP contribution is 2.30. The van der Waals surface area contributed by atoms with Crippen molar-refractivity contribution in [2.45, 2.75) is 33.2 Å². The smallest absolute Gasteiger partial charge is 0.194 e. The molecule has 2 N–H and O–H groups in total. The van der Waals surface area contributed by atoms with E-state index in [0.29, 0.717) is 5.16 Å². The van der Waals surface area contributed by atoms with Crippen molar-refractivity contribution in [2.75, 3.05) is 6.26 Å². The third kappa shape index (κ3) is 3.91. The van der Waals surface area contributed by atoms with Crippen LogP contribution >= 0.6 is 34.9 Å². The lowest BCUT2D eigenvalue weighted by molar-refractivity contribution is 0.727. The molecule has 0 aliphatic carbocycles. The Morgan fingerprint density at radius 2 is 1.94 bits per heavy atom. The Labute approximate surface area is 118 Å². The zero-order valence-electron chi connectivity index (χ0n) is 10.0. The average molecular weight is 299 g/mol. The van der Waals surface area contributed by atoms with Crippen LogP contribution in [-0.2, 0) is 6.42 Å². The van der Waals surface area contributed by atoms with E-state index in [9.17, 15) is 0 Å². The molecule has 0 aliphatic rings. The van der Waals surface area contributed by atoms with Crippen LogP contribution in [0.5, 0.6) is 0 Å². The molecule has 0 amide bonds. The van der Waals surface area contributed by atoms with Crippen LogP contribution in [0.2, 0.25) is 0 Å². The summed E-state index contributed by atoms with van der Waals surface area (Å²) in [6.07, 6.45) is 6.40. The van der Waals surface area contributed by atoms with Gasteiger partial charge in [-0.3, -0.25) is 0 Å². The molecular formula is C10H13N5S3. The van der Waals surface area contributed by atoms with Gasteiger partial charge in [-0.05, 0) is 36.9 Å². The van der Waals surface area contributed by atoms with Crippen molar-refractivity contribution in [3.8, 4) is 0 Å². The summed E-state index contributed by atoms with van der Waals surface area (Å²) >= 11 is 4.56. The van der Waals surface area contributed by atoms with Crippen LogP contribution in [0.15, 0.2) is 26.2 Å². The SMILES string of the molecule is CSc1nnc(Sc2ncc(CC(C)N)cn2)s1. The molecule has 2 aromatic heterocycles. The number of thioether (sulfide) groups is 1. The Bertz CT molecular complexity index is 496. The predicted molar refractivity (Wildman–Crippen MR) is 75.2 cm³/mol. The number of rotatable bonds is 5. The first-order valence-corrected chi connectivity index (χ1v) is 8.15. The lowest BCUT2D eigenvalue weighted by atomic mass is 10.1. The van der Waals surface area contributed by atoms with Crippen molar-refractivity contribution >= 4 is 34.9 Å². The maximum atomic E-state index is 5.72. The van der Waals surface area contributed by atoms with Crippen LogP contribution in [0.4, 0.5) is 0 Å². The maximum absolute atomic E-state index is 5.72. The fourth-order valence-electron chi connectivity index (χ4n) is 1.27. The second kappa shape index (κ2) is 6.46. The van der Waals surface area contributed by atoms with E-state index >= 15 is 0 Å².